The Morgan fingerprint density at radius 2 is 1.89 bits per heavy atom. The van der Waals surface area contributed by atoms with Crippen molar-refractivity contribution in [1.82, 2.24) is 9.55 Å². The highest BCUT2D eigenvalue weighted by molar-refractivity contribution is 5.83. The third kappa shape index (κ3) is 5.69. The molecule has 1 aliphatic carbocycles. The molecule has 0 unspecified atom stereocenters. The van der Waals surface area contributed by atoms with Crippen molar-refractivity contribution in [3.05, 3.63) is 47.5 Å². The Kier molecular flexibility index (Phi) is 7.62. The number of anilines is 2. The third-order valence-electron chi connectivity index (χ3n) is 7.48. The van der Waals surface area contributed by atoms with E-state index in [4.69, 9.17) is 14.5 Å². The quantitative estimate of drug-likeness (QED) is 0.332. The number of nitrogens with one attached hydrogen (secondary N) is 1. The van der Waals surface area contributed by atoms with E-state index < -0.39 is 0 Å². The van der Waals surface area contributed by atoms with Crippen LogP contribution in [-0.4, -0.2) is 29.7 Å². The van der Waals surface area contributed by atoms with Gasteiger partial charge >= 0.3 is 5.97 Å². The fourth-order valence-corrected chi connectivity index (χ4v) is 5.92. The van der Waals surface area contributed by atoms with Gasteiger partial charge in [0.1, 0.15) is 5.75 Å². The maximum Gasteiger partial charge on any atom is 0.305 e. The summed E-state index contributed by atoms with van der Waals surface area (Å²) >= 11 is 0. The van der Waals surface area contributed by atoms with Crippen molar-refractivity contribution in [3.8, 4) is 5.75 Å². The van der Waals surface area contributed by atoms with Crippen molar-refractivity contribution in [2.24, 2.45) is 11.3 Å². The normalized spacial score (nSPS) is 19.4. The van der Waals surface area contributed by atoms with Gasteiger partial charge in [-0.3, -0.25) is 4.79 Å². The first-order valence-electron chi connectivity index (χ1n) is 13.1. The largest absolute Gasteiger partial charge is 0.496 e. The number of nitrogens with zero attached hydrogens (tertiary/aromatic N) is 2. The fourth-order valence-electron chi connectivity index (χ4n) is 5.92. The fraction of sp³-hybridized carbons (Fsp3) is 0.533. The van der Waals surface area contributed by atoms with Gasteiger partial charge in [0, 0.05) is 24.2 Å². The molecule has 1 aliphatic rings. The number of rotatable bonds is 8. The van der Waals surface area contributed by atoms with Crippen LogP contribution in [0, 0.1) is 11.3 Å². The summed E-state index contributed by atoms with van der Waals surface area (Å²) in [4.78, 5) is 16.9. The average molecular weight is 492 g/mol. The molecule has 0 spiro atoms. The number of ether oxygens (including phenoxy) is 2. The Hall–Kier alpha value is -3.02. The molecule has 0 aliphatic heterocycles. The number of aryl methyl sites for hydroxylation is 1. The van der Waals surface area contributed by atoms with Crippen molar-refractivity contribution in [2.75, 3.05) is 19.5 Å². The second-order valence-electron chi connectivity index (χ2n) is 11.5. The van der Waals surface area contributed by atoms with Crippen molar-refractivity contribution in [2.45, 2.75) is 78.7 Å². The molecule has 6 nitrogen and oxygen atoms in total. The molecule has 1 aromatic heterocycles. The summed E-state index contributed by atoms with van der Waals surface area (Å²) in [6.07, 6.45) is 4.29. The SMILES string of the molecule is COC(=O)CCc1cc2nc(Nc3ccc(C(C)C)cc3)n([C@@H]3C[C@H](C)CC(C)(C)C3)c2cc1OC. The number of carbonyl (C=O) groups is 1. The van der Waals surface area contributed by atoms with Gasteiger partial charge in [0.15, 0.2) is 0 Å². The number of esters is 1. The highest BCUT2D eigenvalue weighted by Crippen LogP contribution is 2.46. The highest BCUT2D eigenvalue weighted by atomic mass is 16.5. The Bertz CT molecular complexity index is 1210. The van der Waals surface area contributed by atoms with Crippen molar-refractivity contribution in [3.63, 3.8) is 0 Å². The summed E-state index contributed by atoms with van der Waals surface area (Å²) in [5.74, 6) is 2.53. The highest BCUT2D eigenvalue weighted by Gasteiger charge is 2.35. The molecule has 36 heavy (non-hydrogen) atoms. The first kappa shape index (κ1) is 26.1. The van der Waals surface area contributed by atoms with Crippen molar-refractivity contribution < 1.29 is 14.3 Å². The molecule has 4 rings (SSSR count). The van der Waals surface area contributed by atoms with E-state index in [1.165, 1.54) is 19.1 Å². The number of fused-ring (bicyclic) bond motifs is 1. The smallest absolute Gasteiger partial charge is 0.305 e. The molecule has 3 aromatic rings. The van der Waals surface area contributed by atoms with Gasteiger partial charge in [0.25, 0.3) is 0 Å². The number of benzene rings is 2. The van der Waals surface area contributed by atoms with Gasteiger partial charge in [-0.15, -0.1) is 0 Å². The predicted octanol–water partition coefficient (Wildman–Crippen LogP) is 7.40. The lowest BCUT2D eigenvalue weighted by Gasteiger charge is -2.40. The van der Waals surface area contributed by atoms with Gasteiger partial charge in [0.05, 0.1) is 25.3 Å². The maximum atomic E-state index is 11.8. The Labute approximate surface area is 215 Å². The summed E-state index contributed by atoms with van der Waals surface area (Å²) in [5.41, 5.74) is 5.54. The van der Waals surface area contributed by atoms with Crippen LogP contribution in [0.2, 0.25) is 0 Å². The van der Waals surface area contributed by atoms with Crippen LogP contribution >= 0.6 is 0 Å². The maximum absolute atomic E-state index is 11.8. The molecule has 1 saturated carbocycles. The molecule has 2 atom stereocenters. The minimum atomic E-state index is -0.228. The lowest BCUT2D eigenvalue weighted by molar-refractivity contribution is -0.140. The average Bonchev–Trinajstić information content (AvgIpc) is 3.17. The molecule has 6 heteroatoms. The Morgan fingerprint density at radius 1 is 1.17 bits per heavy atom. The molecule has 194 valence electrons. The Morgan fingerprint density at radius 3 is 2.50 bits per heavy atom. The van der Waals surface area contributed by atoms with Gasteiger partial charge in [-0.1, -0.05) is 46.8 Å². The molecule has 0 amide bonds. The summed E-state index contributed by atoms with van der Waals surface area (Å²) in [6, 6.07) is 13.1. The van der Waals surface area contributed by atoms with Crippen molar-refractivity contribution >= 4 is 28.6 Å². The topological polar surface area (TPSA) is 65.4 Å². The number of methoxy groups -OCH3 is 2. The second-order valence-corrected chi connectivity index (χ2v) is 11.5. The van der Waals surface area contributed by atoms with Gasteiger partial charge < -0.3 is 19.4 Å². The number of imidazole rings is 1. The van der Waals surface area contributed by atoms with E-state index in [0.29, 0.717) is 30.7 Å². The molecule has 0 saturated heterocycles. The molecular formula is C30H41N3O3. The minimum Gasteiger partial charge on any atom is -0.496 e. The van der Waals surface area contributed by atoms with Crippen LogP contribution in [0.4, 0.5) is 11.6 Å². The second kappa shape index (κ2) is 10.5. The zero-order chi connectivity index (χ0) is 26.0. The number of carbonyl (C=O) groups excluding carboxylic acids is 1. The van der Waals surface area contributed by atoms with E-state index in [-0.39, 0.29) is 11.4 Å². The monoisotopic (exact) mass is 491 g/mol. The van der Waals surface area contributed by atoms with Crippen molar-refractivity contribution in [1.29, 1.82) is 0 Å². The van der Waals surface area contributed by atoms with Crippen LogP contribution in [-0.2, 0) is 16.0 Å². The molecule has 1 heterocycles. The molecule has 0 radical (unpaired) electrons. The van der Waals surface area contributed by atoms with Gasteiger partial charge in [-0.2, -0.15) is 0 Å². The van der Waals surface area contributed by atoms with E-state index in [9.17, 15) is 4.79 Å². The lowest BCUT2D eigenvalue weighted by atomic mass is 9.70. The predicted molar refractivity (Wildman–Crippen MR) is 146 cm³/mol. The summed E-state index contributed by atoms with van der Waals surface area (Å²) in [5, 5.41) is 3.62. The molecule has 2 aromatic carbocycles. The molecule has 0 bridgehead atoms. The first-order valence-corrected chi connectivity index (χ1v) is 13.1. The molecule has 1 N–H and O–H groups in total. The number of aromatic nitrogens is 2. The Balaban J connectivity index is 1.79. The number of hydrogen-bond donors (Lipinski definition) is 1. The van der Waals surface area contributed by atoms with Crippen LogP contribution in [0.25, 0.3) is 11.0 Å². The van der Waals surface area contributed by atoms with Crippen LogP contribution < -0.4 is 10.1 Å². The van der Waals surface area contributed by atoms with Crippen LogP contribution in [0.1, 0.15) is 83.4 Å². The van der Waals surface area contributed by atoms with Gasteiger partial charge in [-0.25, -0.2) is 4.98 Å². The van der Waals surface area contributed by atoms with E-state index >= 15 is 0 Å². The molecular weight excluding hydrogens is 450 g/mol. The summed E-state index contributed by atoms with van der Waals surface area (Å²) in [7, 11) is 3.10. The summed E-state index contributed by atoms with van der Waals surface area (Å²) < 4.78 is 13.0. The minimum absolute atomic E-state index is 0.228. The van der Waals surface area contributed by atoms with Crippen LogP contribution in [0.3, 0.4) is 0 Å². The first-order chi connectivity index (χ1) is 17.1. The van der Waals surface area contributed by atoms with Gasteiger partial charge in [-0.05, 0) is 72.3 Å². The van der Waals surface area contributed by atoms with Crippen LogP contribution in [0.15, 0.2) is 36.4 Å². The summed E-state index contributed by atoms with van der Waals surface area (Å²) in [6.45, 7) is 11.5. The zero-order valence-electron chi connectivity index (χ0n) is 22.9. The van der Waals surface area contributed by atoms with E-state index in [2.05, 4.69) is 80.9 Å². The van der Waals surface area contributed by atoms with E-state index in [0.717, 1.165) is 46.8 Å². The zero-order valence-corrected chi connectivity index (χ0v) is 22.9. The lowest BCUT2D eigenvalue weighted by Crippen LogP contribution is -2.29. The molecule has 1 fully saturated rings. The third-order valence-corrected chi connectivity index (χ3v) is 7.48. The van der Waals surface area contributed by atoms with Crippen LogP contribution in [0.5, 0.6) is 5.75 Å². The standard InChI is InChI=1S/C30H41N3O3/c1-19(2)21-8-11-23(12-9-21)31-29-32-25-15-22(10-13-28(34)36-7)27(35-6)16-26(25)33(29)24-14-20(3)17-30(4,5)18-24/h8-9,11-12,15-16,19-20,24H,10,13-14,17-18H2,1-7H3,(H,31,32)/t20-,24+/m0/s1. The van der Waals surface area contributed by atoms with E-state index in [1.807, 2.05) is 0 Å². The van der Waals surface area contributed by atoms with Gasteiger partial charge in [0.2, 0.25) is 5.95 Å². The van der Waals surface area contributed by atoms with E-state index in [1.54, 1.807) is 7.11 Å². The number of hydrogen-bond acceptors (Lipinski definition) is 5.